The molecule has 3 nitrogen and oxygen atoms in total. The third-order valence-corrected chi connectivity index (χ3v) is 1.99. The van der Waals surface area contributed by atoms with Gasteiger partial charge in [0.2, 0.25) is 0 Å². The lowest BCUT2D eigenvalue weighted by Gasteiger charge is -2.35. The molecule has 0 spiro atoms. The molecular weight excluding hydrogens is 152 g/mol. The van der Waals surface area contributed by atoms with Crippen LogP contribution in [0.3, 0.4) is 0 Å². The van der Waals surface area contributed by atoms with Crippen LogP contribution in [-0.4, -0.2) is 37.0 Å². The molecule has 1 aliphatic heterocycles. The summed E-state index contributed by atoms with van der Waals surface area (Å²) in [5.74, 6) is 2.28. The van der Waals surface area contributed by atoms with Gasteiger partial charge in [-0.1, -0.05) is 0 Å². The standard InChI is InChI=1S/C6H13F2N3/c1-11-3-2-5(10-9)6(7,8)4-11/h5,10H,2-4,9H2,1H3. The molecule has 0 aromatic heterocycles. The van der Waals surface area contributed by atoms with E-state index in [9.17, 15) is 8.78 Å². The second-order valence-corrected chi connectivity index (χ2v) is 3.01. The molecule has 1 rings (SSSR count). The monoisotopic (exact) mass is 165 g/mol. The van der Waals surface area contributed by atoms with E-state index in [1.54, 1.807) is 11.9 Å². The van der Waals surface area contributed by atoms with Crippen molar-refractivity contribution in [2.45, 2.75) is 18.4 Å². The highest BCUT2D eigenvalue weighted by Gasteiger charge is 2.42. The fraction of sp³-hybridized carbons (Fsp3) is 1.00. The molecule has 1 heterocycles. The fourth-order valence-corrected chi connectivity index (χ4v) is 1.32. The summed E-state index contributed by atoms with van der Waals surface area (Å²) >= 11 is 0. The average Bonchev–Trinajstić information content (AvgIpc) is 1.85. The Morgan fingerprint density at radius 2 is 2.27 bits per heavy atom. The van der Waals surface area contributed by atoms with Gasteiger partial charge < -0.3 is 4.90 Å². The van der Waals surface area contributed by atoms with Gasteiger partial charge in [0.25, 0.3) is 5.92 Å². The maximum absolute atomic E-state index is 12.9. The minimum atomic E-state index is -2.69. The first kappa shape index (κ1) is 8.83. The second-order valence-electron chi connectivity index (χ2n) is 3.01. The molecular formula is C6H13F2N3. The number of piperidine rings is 1. The van der Waals surface area contributed by atoms with Crippen molar-refractivity contribution in [2.75, 3.05) is 20.1 Å². The van der Waals surface area contributed by atoms with Gasteiger partial charge >= 0.3 is 0 Å². The zero-order chi connectivity index (χ0) is 8.48. The van der Waals surface area contributed by atoms with E-state index >= 15 is 0 Å². The van der Waals surface area contributed by atoms with E-state index in [2.05, 4.69) is 5.43 Å². The Morgan fingerprint density at radius 1 is 1.64 bits per heavy atom. The molecule has 1 atom stereocenters. The zero-order valence-electron chi connectivity index (χ0n) is 6.48. The van der Waals surface area contributed by atoms with Crippen LogP contribution in [0, 0.1) is 0 Å². The van der Waals surface area contributed by atoms with Gasteiger partial charge in [0, 0.05) is 0 Å². The molecule has 5 heteroatoms. The number of alkyl halides is 2. The molecule has 0 aliphatic carbocycles. The van der Waals surface area contributed by atoms with E-state index < -0.39 is 12.0 Å². The van der Waals surface area contributed by atoms with Gasteiger partial charge in [0.15, 0.2) is 0 Å². The molecule has 1 fully saturated rings. The number of nitrogens with two attached hydrogens (primary N) is 1. The average molecular weight is 165 g/mol. The highest BCUT2D eigenvalue weighted by Crippen LogP contribution is 2.25. The van der Waals surface area contributed by atoms with Gasteiger partial charge in [0.05, 0.1) is 12.6 Å². The van der Waals surface area contributed by atoms with E-state index in [0.29, 0.717) is 13.0 Å². The molecule has 11 heavy (non-hydrogen) atoms. The van der Waals surface area contributed by atoms with Crippen molar-refractivity contribution < 1.29 is 8.78 Å². The Labute approximate surface area is 64.5 Å². The molecule has 1 aliphatic rings. The van der Waals surface area contributed by atoms with E-state index in [1.807, 2.05) is 0 Å². The number of hydrogen-bond acceptors (Lipinski definition) is 3. The zero-order valence-corrected chi connectivity index (χ0v) is 6.48. The normalized spacial score (nSPS) is 32.2. The third-order valence-electron chi connectivity index (χ3n) is 1.99. The first-order chi connectivity index (χ1) is 5.06. The quantitative estimate of drug-likeness (QED) is 0.417. The van der Waals surface area contributed by atoms with Crippen LogP contribution in [0.4, 0.5) is 8.78 Å². The summed E-state index contributed by atoms with van der Waals surface area (Å²) in [7, 11) is 1.68. The van der Waals surface area contributed by atoms with Crippen LogP contribution in [-0.2, 0) is 0 Å². The van der Waals surface area contributed by atoms with Crippen LogP contribution >= 0.6 is 0 Å². The van der Waals surface area contributed by atoms with Gasteiger partial charge in [-0.2, -0.15) is 0 Å². The van der Waals surface area contributed by atoms with Crippen LogP contribution in [0.2, 0.25) is 0 Å². The first-order valence-electron chi connectivity index (χ1n) is 3.59. The lowest BCUT2D eigenvalue weighted by molar-refractivity contribution is -0.0842. The summed E-state index contributed by atoms with van der Waals surface area (Å²) < 4.78 is 25.9. The molecule has 0 aromatic carbocycles. The Hall–Kier alpha value is -0.260. The number of nitrogens with one attached hydrogen (secondary N) is 1. The number of likely N-dealkylation sites (tertiary alicyclic amines) is 1. The Kier molecular flexibility index (Phi) is 2.41. The first-order valence-corrected chi connectivity index (χ1v) is 3.59. The SMILES string of the molecule is CN1CCC(NN)C(F)(F)C1. The maximum Gasteiger partial charge on any atom is 0.276 e. The largest absolute Gasteiger partial charge is 0.300 e. The minimum absolute atomic E-state index is 0.206. The summed E-state index contributed by atoms with van der Waals surface area (Å²) in [5.41, 5.74) is 2.14. The molecule has 0 amide bonds. The van der Waals surface area contributed by atoms with Crippen LogP contribution in [0.5, 0.6) is 0 Å². The predicted octanol–water partition coefficient (Wildman–Crippen LogP) is -0.211. The van der Waals surface area contributed by atoms with Gasteiger partial charge in [-0.05, 0) is 20.0 Å². The molecule has 0 bridgehead atoms. The van der Waals surface area contributed by atoms with E-state index in [4.69, 9.17) is 5.84 Å². The number of hydrogen-bond donors (Lipinski definition) is 2. The van der Waals surface area contributed by atoms with E-state index in [1.165, 1.54) is 0 Å². The lowest BCUT2D eigenvalue weighted by Crippen LogP contribution is -2.57. The molecule has 0 saturated carbocycles. The van der Waals surface area contributed by atoms with Gasteiger partial charge in [0.1, 0.15) is 0 Å². The third kappa shape index (κ3) is 1.85. The molecule has 0 radical (unpaired) electrons. The van der Waals surface area contributed by atoms with Crippen molar-refractivity contribution >= 4 is 0 Å². The molecule has 1 unspecified atom stereocenters. The number of halogens is 2. The maximum atomic E-state index is 12.9. The van der Waals surface area contributed by atoms with E-state index in [-0.39, 0.29) is 6.54 Å². The summed E-state index contributed by atoms with van der Waals surface area (Å²) in [6, 6.07) is -0.862. The van der Waals surface area contributed by atoms with Crippen LogP contribution < -0.4 is 11.3 Å². The Bertz CT molecular complexity index is 140. The summed E-state index contributed by atoms with van der Waals surface area (Å²) in [4.78, 5) is 1.60. The minimum Gasteiger partial charge on any atom is -0.300 e. The van der Waals surface area contributed by atoms with Crippen LogP contribution in [0.25, 0.3) is 0 Å². The fourth-order valence-electron chi connectivity index (χ4n) is 1.32. The van der Waals surface area contributed by atoms with Crippen molar-refractivity contribution in [2.24, 2.45) is 5.84 Å². The Balaban J connectivity index is 2.56. The molecule has 0 aromatic rings. The van der Waals surface area contributed by atoms with Gasteiger partial charge in [-0.25, -0.2) is 8.78 Å². The molecule has 1 saturated heterocycles. The van der Waals surface area contributed by atoms with Crippen LogP contribution in [0.15, 0.2) is 0 Å². The van der Waals surface area contributed by atoms with Crippen molar-refractivity contribution in [3.05, 3.63) is 0 Å². The second kappa shape index (κ2) is 3.00. The van der Waals surface area contributed by atoms with Gasteiger partial charge in [-0.3, -0.25) is 11.3 Å². The van der Waals surface area contributed by atoms with Crippen molar-refractivity contribution in [3.63, 3.8) is 0 Å². The van der Waals surface area contributed by atoms with Crippen molar-refractivity contribution in [3.8, 4) is 0 Å². The topological polar surface area (TPSA) is 41.3 Å². The number of nitrogens with zero attached hydrogens (tertiary/aromatic N) is 1. The summed E-state index contributed by atoms with van der Waals surface area (Å²) in [6.45, 7) is 0.465. The lowest BCUT2D eigenvalue weighted by atomic mass is 10.0. The molecule has 3 N–H and O–H groups in total. The Morgan fingerprint density at radius 3 is 2.73 bits per heavy atom. The van der Waals surface area contributed by atoms with Crippen LogP contribution in [0.1, 0.15) is 6.42 Å². The smallest absolute Gasteiger partial charge is 0.276 e. The van der Waals surface area contributed by atoms with Gasteiger partial charge in [-0.15, -0.1) is 0 Å². The van der Waals surface area contributed by atoms with E-state index in [0.717, 1.165) is 0 Å². The summed E-state index contributed by atoms with van der Waals surface area (Å²) in [5, 5.41) is 0. The summed E-state index contributed by atoms with van der Waals surface area (Å²) in [6.07, 6.45) is 0.403. The van der Waals surface area contributed by atoms with Crippen molar-refractivity contribution in [1.82, 2.24) is 10.3 Å². The highest BCUT2D eigenvalue weighted by molar-refractivity contribution is 4.89. The number of hydrazine groups is 1. The predicted molar refractivity (Wildman–Crippen MR) is 38.2 cm³/mol. The highest BCUT2D eigenvalue weighted by atomic mass is 19.3. The van der Waals surface area contributed by atoms with Crippen molar-refractivity contribution in [1.29, 1.82) is 0 Å². The number of rotatable bonds is 1. The molecule has 66 valence electrons.